The summed E-state index contributed by atoms with van der Waals surface area (Å²) in [6, 6.07) is 20.1. The highest BCUT2D eigenvalue weighted by Gasteiger charge is 2.33. The monoisotopic (exact) mass is 625 g/mol. The Bertz CT molecular complexity index is 1370. The predicted octanol–water partition coefficient (Wildman–Crippen LogP) is 4.91. The van der Waals surface area contributed by atoms with Gasteiger partial charge in [0.25, 0.3) is 0 Å². The highest BCUT2D eigenvalue weighted by atomic mass is 79.9. The van der Waals surface area contributed by atoms with Crippen LogP contribution in [0.3, 0.4) is 0 Å². The Morgan fingerprint density at radius 1 is 0.973 bits per heavy atom. The Kier molecular flexibility index (Phi) is 10.0. The van der Waals surface area contributed by atoms with E-state index >= 15 is 0 Å². The van der Waals surface area contributed by atoms with E-state index in [0.717, 1.165) is 26.2 Å². The highest BCUT2D eigenvalue weighted by Crippen LogP contribution is 2.30. The fourth-order valence-corrected chi connectivity index (χ4v) is 5.70. The average Bonchev–Trinajstić information content (AvgIpc) is 2.84. The highest BCUT2D eigenvalue weighted by molar-refractivity contribution is 9.10. The van der Waals surface area contributed by atoms with Crippen molar-refractivity contribution in [2.24, 2.45) is 0 Å². The average molecular weight is 627 g/mol. The molecule has 0 unspecified atom stereocenters. The van der Waals surface area contributed by atoms with Crippen molar-refractivity contribution in [2.45, 2.75) is 19.0 Å². The van der Waals surface area contributed by atoms with Crippen LogP contribution in [-0.2, 0) is 32.6 Å². The minimum atomic E-state index is -3.92. The van der Waals surface area contributed by atoms with Gasteiger partial charge in [-0.2, -0.15) is 0 Å². The van der Waals surface area contributed by atoms with E-state index in [-0.39, 0.29) is 29.6 Å². The van der Waals surface area contributed by atoms with Gasteiger partial charge in [-0.05, 0) is 41.5 Å². The molecule has 11 heteroatoms. The molecule has 0 aliphatic rings. The maximum Gasteiger partial charge on any atom is 0.244 e. The second-order valence-electron chi connectivity index (χ2n) is 8.34. The van der Waals surface area contributed by atoms with Crippen LogP contribution in [0.25, 0.3) is 0 Å². The second kappa shape index (κ2) is 12.8. The zero-order valence-corrected chi connectivity index (χ0v) is 24.1. The number of sulfonamides is 1. The van der Waals surface area contributed by atoms with E-state index in [0.29, 0.717) is 5.02 Å². The van der Waals surface area contributed by atoms with Gasteiger partial charge in [0.1, 0.15) is 12.6 Å². The normalized spacial score (nSPS) is 12.0. The molecule has 0 bridgehead atoms. The van der Waals surface area contributed by atoms with E-state index in [2.05, 4.69) is 21.2 Å². The Morgan fingerprint density at radius 2 is 1.65 bits per heavy atom. The molecule has 0 aliphatic carbocycles. The van der Waals surface area contributed by atoms with Gasteiger partial charge >= 0.3 is 0 Å². The fourth-order valence-electron chi connectivity index (χ4n) is 3.83. The predicted molar refractivity (Wildman–Crippen MR) is 151 cm³/mol. The second-order valence-corrected chi connectivity index (χ2v) is 12.0. The van der Waals surface area contributed by atoms with Crippen LogP contribution in [0.4, 0.5) is 5.69 Å². The van der Waals surface area contributed by atoms with Gasteiger partial charge in [-0.1, -0.05) is 81.6 Å². The molecule has 0 aromatic heterocycles. The number of benzene rings is 3. The quantitative estimate of drug-likeness (QED) is 0.347. The first-order chi connectivity index (χ1) is 17.5. The molecule has 0 fully saturated rings. The van der Waals surface area contributed by atoms with E-state index < -0.39 is 28.5 Å². The fraction of sp³-hybridized carbons (Fsp3) is 0.231. The first-order valence-corrected chi connectivity index (χ1v) is 14.6. The molecule has 196 valence electrons. The van der Waals surface area contributed by atoms with E-state index in [1.807, 2.05) is 54.6 Å². The van der Waals surface area contributed by atoms with Crippen LogP contribution < -0.4 is 9.62 Å². The topological polar surface area (TPSA) is 86.8 Å². The largest absolute Gasteiger partial charge is 0.357 e. The first kappa shape index (κ1) is 29.0. The van der Waals surface area contributed by atoms with Crippen molar-refractivity contribution in [2.75, 3.05) is 24.2 Å². The maximum absolute atomic E-state index is 13.9. The van der Waals surface area contributed by atoms with Gasteiger partial charge < -0.3 is 10.2 Å². The number of nitrogens with one attached hydrogen (secondary N) is 1. The molecule has 0 saturated carbocycles. The standard InChI is InChI=1S/C26H26BrCl2N3O4S/c1-30-26(34)24(14-18-7-4-3-5-8-18)31(16-19-9-6-10-20(27)13-19)25(33)17-32(37(2,35)36)23-12-11-21(28)15-22(23)29/h3-13,15,24H,14,16-17H2,1-2H3,(H,30,34)/t24-/m1/s1. The summed E-state index contributed by atoms with van der Waals surface area (Å²) in [6.45, 7) is -0.481. The molecule has 0 aliphatic heterocycles. The molecule has 0 radical (unpaired) electrons. The van der Waals surface area contributed by atoms with Crippen LogP contribution in [-0.4, -0.2) is 51.0 Å². The lowest BCUT2D eigenvalue weighted by molar-refractivity contribution is -0.139. The van der Waals surface area contributed by atoms with E-state index in [1.54, 1.807) is 0 Å². The molecule has 7 nitrogen and oxygen atoms in total. The Balaban J connectivity index is 2.05. The minimum Gasteiger partial charge on any atom is -0.357 e. The van der Waals surface area contributed by atoms with Crippen molar-refractivity contribution in [3.05, 3.63) is 98.4 Å². The summed E-state index contributed by atoms with van der Waals surface area (Å²) in [6.07, 6.45) is 1.23. The van der Waals surface area contributed by atoms with Gasteiger partial charge in [0, 0.05) is 29.5 Å². The third-order valence-electron chi connectivity index (χ3n) is 5.62. The molecule has 3 aromatic carbocycles. The minimum absolute atomic E-state index is 0.0785. The maximum atomic E-state index is 13.9. The SMILES string of the molecule is CNC(=O)[C@@H](Cc1ccccc1)N(Cc1cccc(Br)c1)C(=O)CN(c1ccc(Cl)cc1Cl)S(C)(=O)=O. The molecule has 37 heavy (non-hydrogen) atoms. The number of amides is 2. The zero-order valence-electron chi connectivity index (χ0n) is 20.2. The van der Waals surface area contributed by atoms with Gasteiger partial charge in [0.05, 0.1) is 17.0 Å². The van der Waals surface area contributed by atoms with Crippen molar-refractivity contribution < 1.29 is 18.0 Å². The van der Waals surface area contributed by atoms with Gasteiger partial charge in [0.15, 0.2) is 0 Å². The van der Waals surface area contributed by atoms with Crippen molar-refractivity contribution in [1.29, 1.82) is 0 Å². The molecule has 1 N–H and O–H groups in total. The van der Waals surface area contributed by atoms with Crippen molar-refractivity contribution in [3.8, 4) is 0 Å². The summed E-state index contributed by atoms with van der Waals surface area (Å²) in [5.41, 5.74) is 1.73. The third-order valence-corrected chi connectivity index (χ3v) is 7.77. The number of likely N-dealkylation sites (N-methyl/N-ethyl adjacent to an activating group) is 1. The third kappa shape index (κ3) is 7.95. The molecular weight excluding hydrogens is 601 g/mol. The molecule has 3 rings (SSSR count). The summed E-state index contributed by atoms with van der Waals surface area (Å²) in [7, 11) is -2.42. The van der Waals surface area contributed by atoms with Crippen LogP contribution in [0.15, 0.2) is 77.3 Å². The lowest BCUT2D eigenvalue weighted by atomic mass is 10.0. The number of hydrogen-bond donors (Lipinski definition) is 1. The Hall–Kier alpha value is -2.59. The molecule has 0 saturated heterocycles. The van der Waals surface area contributed by atoms with Crippen molar-refractivity contribution >= 4 is 66.7 Å². The number of nitrogens with zero attached hydrogens (tertiary/aromatic N) is 2. The van der Waals surface area contributed by atoms with Crippen molar-refractivity contribution in [3.63, 3.8) is 0 Å². The van der Waals surface area contributed by atoms with Crippen LogP contribution in [0, 0.1) is 0 Å². The smallest absolute Gasteiger partial charge is 0.244 e. The van der Waals surface area contributed by atoms with Crippen LogP contribution >= 0.6 is 39.1 Å². The summed E-state index contributed by atoms with van der Waals surface area (Å²) in [4.78, 5) is 28.3. The van der Waals surface area contributed by atoms with Gasteiger partial charge in [-0.25, -0.2) is 8.42 Å². The van der Waals surface area contributed by atoms with Crippen molar-refractivity contribution in [1.82, 2.24) is 10.2 Å². The van der Waals surface area contributed by atoms with Crippen LogP contribution in [0.1, 0.15) is 11.1 Å². The summed E-state index contributed by atoms with van der Waals surface area (Å²) in [5.74, 6) is -0.941. The van der Waals surface area contributed by atoms with Crippen LogP contribution in [0.5, 0.6) is 0 Å². The van der Waals surface area contributed by atoms with E-state index in [1.165, 1.54) is 30.1 Å². The number of carbonyl (C=O) groups is 2. The molecule has 0 heterocycles. The van der Waals surface area contributed by atoms with Gasteiger partial charge in [0.2, 0.25) is 21.8 Å². The Morgan fingerprint density at radius 3 is 2.24 bits per heavy atom. The van der Waals surface area contributed by atoms with Crippen LogP contribution in [0.2, 0.25) is 10.0 Å². The summed E-state index contributed by atoms with van der Waals surface area (Å²) >= 11 is 15.7. The number of halogens is 3. The number of hydrogen-bond acceptors (Lipinski definition) is 4. The first-order valence-electron chi connectivity index (χ1n) is 11.2. The summed E-state index contributed by atoms with van der Waals surface area (Å²) in [5, 5.41) is 3.04. The molecule has 0 spiro atoms. The lowest BCUT2D eigenvalue weighted by Crippen LogP contribution is -2.52. The van der Waals surface area contributed by atoms with Gasteiger partial charge in [-0.15, -0.1) is 0 Å². The lowest BCUT2D eigenvalue weighted by Gasteiger charge is -2.33. The van der Waals surface area contributed by atoms with E-state index in [9.17, 15) is 18.0 Å². The number of rotatable bonds is 10. The number of anilines is 1. The molecular formula is C26H26BrCl2N3O4S. The summed E-state index contributed by atoms with van der Waals surface area (Å²) < 4.78 is 27.2. The Labute approximate surface area is 235 Å². The zero-order chi connectivity index (χ0) is 27.2. The number of carbonyl (C=O) groups excluding carboxylic acids is 2. The van der Waals surface area contributed by atoms with Gasteiger partial charge in [-0.3, -0.25) is 13.9 Å². The molecule has 3 aromatic rings. The van der Waals surface area contributed by atoms with E-state index in [4.69, 9.17) is 23.2 Å². The molecule has 1 atom stereocenters. The molecule has 2 amide bonds.